The number of rotatable bonds is 8. The first kappa shape index (κ1) is 16.4. The quantitative estimate of drug-likeness (QED) is 0.746. The molecule has 0 aromatic heterocycles. The number of hydrogen-bond acceptors (Lipinski definition) is 3. The summed E-state index contributed by atoms with van der Waals surface area (Å²) in [7, 11) is 3.81. The maximum Gasteiger partial charge on any atom is 0.0462 e. The summed E-state index contributed by atoms with van der Waals surface area (Å²) < 4.78 is 5.04. The molecule has 1 rings (SSSR count). The van der Waals surface area contributed by atoms with Crippen LogP contribution in [0.1, 0.15) is 31.4 Å². The standard InChI is InChI=1S/C15H25ClN2O/c1-12(14-8-4-5-9-15(14)16)18(2)11-13(17)7-6-10-19-3/h4-5,8-9,12-13H,6-7,10-11,17H2,1-3H3. The summed E-state index contributed by atoms with van der Waals surface area (Å²) in [5, 5.41) is 0.815. The molecule has 0 radical (unpaired) electrons. The molecule has 0 aliphatic carbocycles. The molecule has 2 N–H and O–H groups in total. The van der Waals surface area contributed by atoms with E-state index in [-0.39, 0.29) is 12.1 Å². The normalized spacial score (nSPS) is 14.6. The van der Waals surface area contributed by atoms with E-state index in [1.807, 2.05) is 18.2 Å². The first-order chi connectivity index (χ1) is 9.06. The van der Waals surface area contributed by atoms with Crippen LogP contribution in [-0.4, -0.2) is 38.3 Å². The molecule has 0 spiro atoms. The van der Waals surface area contributed by atoms with Crippen molar-refractivity contribution in [1.82, 2.24) is 4.90 Å². The Balaban J connectivity index is 2.48. The van der Waals surface area contributed by atoms with Crippen LogP contribution >= 0.6 is 11.6 Å². The third-order valence-electron chi connectivity index (χ3n) is 3.46. The van der Waals surface area contributed by atoms with Gasteiger partial charge in [-0.2, -0.15) is 0 Å². The Labute approximate surface area is 121 Å². The van der Waals surface area contributed by atoms with Crippen molar-refractivity contribution in [3.05, 3.63) is 34.9 Å². The SMILES string of the molecule is COCCCC(N)CN(C)C(C)c1ccccc1Cl. The van der Waals surface area contributed by atoms with Gasteiger partial charge in [-0.1, -0.05) is 29.8 Å². The fourth-order valence-electron chi connectivity index (χ4n) is 2.16. The second kappa shape index (κ2) is 8.54. The lowest BCUT2D eigenvalue weighted by Gasteiger charge is -2.28. The van der Waals surface area contributed by atoms with Gasteiger partial charge in [0.2, 0.25) is 0 Å². The van der Waals surface area contributed by atoms with Crippen molar-refractivity contribution in [2.24, 2.45) is 5.73 Å². The Morgan fingerprint density at radius 3 is 2.68 bits per heavy atom. The van der Waals surface area contributed by atoms with E-state index in [1.165, 1.54) is 0 Å². The topological polar surface area (TPSA) is 38.5 Å². The largest absolute Gasteiger partial charge is 0.385 e. The first-order valence-corrected chi connectivity index (χ1v) is 7.13. The van der Waals surface area contributed by atoms with E-state index in [4.69, 9.17) is 22.1 Å². The van der Waals surface area contributed by atoms with Gasteiger partial charge in [0.15, 0.2) is 0 Å². The van der Waals surface area contributed by atoms with Crippen molar-refractivity contribution in [3.8, 4) is 0 Å². The number of nitrogens with two attached hydrogens (primary N) is 1. The monoisotopic (exact) mass is 284 g/mol. The van der Waals surface area contributed by atoms with Crippen molar-refractivity contribution in [3.63, 3.8) is 0 Å². The van der Waals surface area contributed by atoms with Crippen LogP contribution in [0.4, 0.5) is 0 Å². The van der Waals surface area contributed by atoms with Crippen LogP contribution in [0.25, 0.3) is 0 Å². The molecule has 0 aliphatic rings. The van der Waals surface area contributed by atoms with Gasteiger partial charge in [-0.15, -0.1) is 0 Å². The van der Waals surface area contributed by atoms with Gasteiger partial charge in [0, 0.05) is 37.4 Å². The summed E-state index contributed by atoms with van der Waals surface area (Å²) in [4.78, 5) is 2.25. The zero-order chi connectivity index (χ0) is 14.3. The van der Waals surface area contributed by atoms with Gasteiger partial charge >= 0.3 is 0 Å². The highest BCUT2D eigenvalue weighted by Crippen LogP contribution is 2.26. The second-order valence-electron chi connectivity index (χ2n) is 5.03. The molecule has 3 nitrogen and oxygen atoms in total. The Bertz CT molecular complexity index is 373. The molecule has 0 aliphatic heterocycles. The molecule has 0 saturated heterocycles. The molecule has 4 heteroatoms. The molecule has 108 valence electrons. The van der Waals surface area contributed by atoms with Gasteiger partial charge in [-0.05, 0) is 38.4 Å². The smallest absolute Gasteiger partial charge is 0.0462 e. The molecule has 0 saturated carbocycles. The van der Waals surface area contributed by atoms with Crippen LogP contribution in [-0.2, 0) is 4.74 Å². The molecular formula is C15H25ClN2O. The van der Waals surface area contributed by atoms with Gasteiger partial charge in [-0.25, -0.2) is 0 Å². The number of methoxy groups -OCH3 is 1. The average Bonchev–Trinajstić information content (AvgIpc) is 2.38. The van der Waals surface area contributed by atoms with E-state index < -0.39 is 0 Å². The highest BCUT2D eigenvalue weighted by molar-refractivity contribution is 6.31. The predicted octanol–water partition coefficient (Wildman–Crippen LogP) is 3.09. The first-order valence-electron chi connectivity index (χ1n) is 6.75. The third-order valence-corrected chi connectivity index (χ3v) is 3.81. The highest BCUT2D eigenvalue weighted by Gasteiger charge is 2.16. The van der Waals surface area contributed by atoms with E-state index >= 15 is 0 Å². The zero-order valence-electron chi connectivity index (χ0n) is 12.1. The van der Waals surface area contributed by atoms with E-state index in [2.05, 4.69) is 24.9 Å². The Morgan fingerprint density at radius 2 is 2.05 bits per heavy atom. The number of nitrogens with zero attached hydrogens (tertiary/aromatic N) is 1. The van der Waals surface area contributed by atoms with Gasteiger partial charge < -0.3 is 10.5 Å². The number of benzene rings is 1. The minimum absolute atomic E-state index is 0.171. The van der Waals surface area contributed by atoms with Crippen LogP contribution < -0.4 is 5.73 Å². The molecule has 2 unspecified atom stereocenters. The third kappa shape index (κ3) is 5.49. The summed E-state index contributed by atoms with van der Waals surface area (Å²) >= 11 is 6.23. The lowest BCUT2D eigenvalue weighted by atomic mass is 10.1. The molecule has 1 aromatic rings. The molecule has 19 heavy (non-hydrogen) atoms. The lowest BCUT2D eigenvalue weighted by molar-refractivity contribution is 0.183. The fourth-order valence-corrected chi connectivity index (χ4v) is 2.45. The zero-order valence-corrected chi connectivity index (χ0v) is 12.9. The Kier molecular flexibility index (Phi) is 7.39. The second-order valence-corrected chi connectivity index (χ2v) is 5.44. The molecule has 0 amide bonds. The van der Waals surface area contributed by atoms with E-state index in [0.29, 0.717) is 0 Å². The average molecular weight is 285 g/mol. The van der Waals surface area contributed by atoms with Crippen LogP contribution in [0.15, 0.2) is 24.3 Å². The molecule has 0 heterocycles. The highest BCUT2D eigenvalue weighted by atomic mass is 35.5. The van der Waals surface area contributed by atoms with Crippen LogP contribution in [0.3, 0.4) is 0 Å². The van der Waals surface area contributed by atoms with Gasteiger partial charge in [0.1, 0.15) is 0 Å². The van der Waals surface area contributed by atoms with Gasteiger partial charge in [0.25, 0.3) is 0 Å². The molecular weight excluding hydrogens is 260 g/mol. The predicted molar refractivity (Wildman–Crippen MR) is 81.6 cm³/mol. The van der Waals surface area contributed by atoms with Crippen LogP contribution in [0.5, 0.6) is 0 Å². The minimum Gasteiger partial charge on any atom is -0.385 e. The van der Waals surface area contributed by atoms with Gasteiger partial charge in [-0.3, -0.25) is 4.90 Å². The Hall–Kier alpha value is -0.610. The van der Waals surface area contributed by atoms with E-state index in [1.54, 1.807) is 7.11 Å². The maximum atomic E-state index is 6.23. The van der Waals surface area contributed by atoms with Crippen molar-refractivity contribution < 1.29 is 4.74 Å². The summed E-state index contributed by atoms with van der Waals surface area (Å²) in [5.41, 5.74) is 7.29. The fraction of sp³-hybridized carbons (Fsp3) is 0.600. The summed E-state index contributed by atoms with van der Waals surface area (Å²) in [6.45, 7) is 3.79. The molecule has 0 bridgehead atoms. The van der Waals surface area contributed by atoms with E-state index in [0.717, 1.165) is 36.6 Å². The van der Waals surface area contributed by atoms with Crippen molar-refractivity contribution in [2.45, 2.75) is 31.8 Å². The number of halogens is 1. The van der Waals surface area contributed by atoms with Crippen LogP contribution in [0, 0.1) is 0 Å². The summed E-state index contributed by atoms with van der Waals surface area (Å²) in [5.74, 6) is 0. The number of likely N-dealkylation sites (N-methyl/N-ethyl adjacent to an activating group) is 1. The van der Waals surface area contributed by atoms with Crippen molar-refractivity contribution in [2.75, 3.05) is 27.3 Å². The van der Waals surface area contributed by atoms with E-state index in [9.17, 15) is 0 Å². The maximum absolute atomic E-state index is 6.23. The molecule has 1 aromatic carbocycles. The number of ether oxygens (including phenoxy) is 1. The van der Waals surface area contributed by atoms with Crippen molar-refractivity contribution in [1.29, 1.82) is 0 Å². The lowest BCUT2D eigenvalue weighted by Crippen LogP contribution is -2.36. The van der Waals surface area contributed by atoms with Crippen molar-refractivity contribution >= 4 is 11.6 Å². The number of hydrogen-bond donors (Lipinski definition) is 1. The van der Waals surface area contributed by atoms with Gasteiger partial charge in [0.05, 0.1) is 0 Å². The Morgan fingerprint density at radius 1 is 1.37 bits per heavy atom. The minimum atomic E-state index is 0.171. The molecule has 0 fully saturated rings. The summed E-state index contributed by atoms with van der Waals surface area (Å²) in [6.07, 6.45) is 1.99. The van der Waals surface area contributed by atoms with Crippen LogP contribution in [0.2, 0.25) is 5.02 Å². The molecule has 2 atom stereocenters. The summed E-state index contributed by atoms with van der Waals surface area (Å²) in [6, 6.07) is 8.41.